The number of carbonyl (C=O) groups is 1. The van der Waals surface area contributed by atoms with Crippen LogP contribution in [0.1, 0.15) is 29.2 Å². The minimum absolute atomic E-state index is 0.0687. The minimum Gasteiger partial charge on any atom is -0.356 e. The zero-order valence-corrected chi connectivity index (χ0v) is 12.2. The summed E-state index contributed by atoms with van der Waals surface area (Å²) in [5, 5.41) is 7.27. The molecule has 6 nitrogen and oxygen atoms in total. The zero-order chi connectivity index (χ0) is 14.5. The van der Waals surface area contributed by atoms with Crippen molar-refractivity contribution in [3.63, 3.8) is 0 Å². The summed E-state index contributed by atoms with van der Waals surface area (Å²) in [5.74, 6) is 0.962. The molecule has 0 saturated heterocycles. The molecule has 0 bridgehead atoms. The van der Waals surface area contributed by atoms with Crippen molar-refractivity contribution >= 4 is 5.91 Å². The van der Waals surface area contributed by atoms with E-state index < -0.39 is 0 Å². The Morgan fingerprint density at radius 3 is 2.80 bits per heavy atom. The second-order valence-electron chi connectivity index (χ2n) is 4.91. The number of imidazole rings is 1. The van der Waals surface area contributed by atoms with Crippen LogP contribution in [0, 0.1) is 13.8 Å². The maximum Gasteiger partial charge on any atom is 0.220 e. The topological polar surface area (TPSA) is 75.6 Å². The summed E-state index contributed by atoms with van der Waals surface area (Å²) in [6, 6.07) is 0. The van der Waals surface area contributed by atoms with Crippen molar-refractivity contribution in [1.82, 2.24) is 25.1 Å². The average molecular weight is 275 g/mol. The molecule has 2 heterocycles. The summed E-state index contributed by atoms with van der Waals surface area (Å²) in [7, 11) is 1.93. The maximum absolute atomic E-state index is 11.8. The standard InChI is InChI=1S/C14H21N5O/c1-10-12(11(2)19(3)18-10)4-5-14(20)17-7-6-13-15-8-9-16-13/h8-9H,4-7H2,1-3H3,(H,15,16)(H,17,20). The summed E-state index contributed by atoms with van der Waals surface area (Å²) in [5.41, 5.74) is 3.31. The first-order valence-electron chi connectivity index (χ1n) is 6.82. The maximum atomic E-state index is 11.8. The molecule has 2 rings (SSSR count). The molecule has 2 N–H and O–H groups in total. The molecule has 0 saturated carbocycles. The highest BCUT2D eigenvalue weighted by Gasteiger charge is 2.11. The number of amides is 1. The molecule has 0 atom stereocenters. The predicted molar refractivity (Wildman–Crippen MR) is 76.3 cm³/mol. The predicted octanol–water partition coefficient (Wildman–Crippen LogP) is 1.05. The van der Waals surface area contributed by atoms with Gasteiger partial charge in [0.1, 0.15) is 5.82 Å². The molecular weight excluding hydrogens is 254 g/mol. The lowest BCUT2D eigenvalue weighted by molar-refractivity contribution is -0.121. The van der Waals surface area contributed by atoms with E-state index in [1.54, 1.807) is 12.4 Å². The largest absolute Gasteiger partial charge is 0.356 e. The van der Waals surface area contributed by atoms with Crippen molar-refractivity contribution in [3.8, 4) is 0 Å². The highest BCUT2D eigenvalue weighted by Crippen LogP contribution is 2.13. The van der Waals surface area contributed by atoms with Crippen molar-refractivity contribution in [2.45, 2.75) is 33.1 Å². The van der Waals surface area contributed by atoms with Crippen LogP contribution < -0.4 is 5.32 Å². The SMILES string of the molecule is Cc1nn(C)c(C)c1CCC(=O)NCCc1ncc[nH]1. The molecule has 0 aliphatic heterocycles. The number of aromatic amines is 1. The molecule has 0 spiro atoms. The van der Waals surface area contributed by atoms with E-state index in [9.17, 15) is 4.79 Å². The first kappa shape index (κ1) is 14.3. The molecule has 2 aromatic heterocycles. The molecule has 6 heteroatoms. The van der Waals surface area contributed by atoms with Crippen molar-refractivity contribution in [2.75, 3.05) is 6.54 Å². The number of nitrogens with zero attached hydrogens (tertiary/aromatic N) is 3. The van der Waals surface area contributed by atoms with Gasteiger partial charge in [0, 0.05) is 44.5 Å². The van der Waals surface area contributed by atoms with Gasteiger partial charge in [-0.25, -0.2) is 4.98 Å². The third-order valence-electron chi connectivity index (χ3n) is 3.50. The molecule has 20 heavy (non-hydrogen) atoms. The normalized spacial score (nSPS) is 10.8. The third kappa shape index (κ3) is 3.46. The van der Waals surface area contributed by atoms with Crippen LogP contribution in [-0.4, -0.2) is 32.2 Å². The van der Waals surface area contributed by atoms with E-state index in [2.05, 4.69) is 20.4 Å². The smallest absolute Gasteiger partial charge is 0.220 e. The fraction of sp³-hybridized carbons (Fsp3) is 0.500. The van der Waals surface area contributed by atoms with Crippen molar-refractivity contribution in [1.29, 1.82) is 0 Å². The van der Waals surface area contributed by atoms with Crippen LogP contribution >= 0.6 is 0 Å². The summed E-state index contributed by atoms with van der Waals surface area (Å²) in [4.78, 5) is 18.9. The van der Waals surface area contributed by atoms with Gasteiger partial charge in [0.15, 0.2) is 0 Å². The van der Waals surface area contributed by atoms with Gasteiger partial charge in [-0.2, -0.15) is 5.10 Å². The number of nitrogens with one attached hydrogen (secondary N) is 2. The van der Waals surface area contributed by atoms with E-state index in [1.165, 1.54) is 5.56 Å². The first-order valence-corrected chi connectivity index (χ1v) is 6.82. The van der Waals surface area contributed by atoms with Gasteiger partial charge in [-0.15, -0.1) is 0 Å². The lowest BCUT2D eigenvalue weighted by Gasteiger charge is -2.05. The molecular formula is C14H21N5O. The van der Waals surface area contributed by atoms with Gasteiger partial charge >= 0.3 is 0 Å². The molecule has 0 fully saturated rings. The summed E-state index contributed by atoms with van der Waals surface area (Å²) in [6.45, 7) is 4.62. The zero-order valence-electron chi connectivity index (χ0n) is 12.2. The Morgan fingerprint density at radius 2 is 2.20 bits per heavy atom. The van der Waals surface area contributed by atoms with E-state index in [0.717, 1.165) is 30.1 Å². The van der Waals surface area contributed by atoms with Crippen molar-refractivity contribution in [2.24, 2.45) is 7.05 Å². The van der Waals surface area contributed by atoms with Gasteiger partial charge in [-0.05, 0) is 25.8 Å². The Morgan fingerprint density at radius 1 is 1.40 bits per heavy atom. The van der Waals surface area contributed by atoms with Crippen LogP contribution in [0.4, 0.5) is 0 Å². The number of carbonyl (C=O) groups excluding carboxylic acids is 1. The van der Waals surface area contributed by atoms with E-state index in [0.29, 0.717) is 13.0 Å². The van der Waals surface area contributed by atoms with Gasteiger partial charge in [0.25, 0.3) is 0 Å². The van der Waals surface area contributed by atoms with Gasteiger partial charge in [-0.1, -0.05) is 0 Å². The number of hydrogen-bond donors (Lipinski definition) is 2. The van der Waals surface area contributed by atoms with Crippen LogP contribution in [0.15, 0.2) is 12.4 Å². The third-order valence-corrected chi connectivity index (χ3v) is 3.50. The molecule has 0 radical (unpaired) electrons. The fourth-order valence-electron chi connectivity index (χ4n) is 2.26. The number of hydrogen-bond acceptors (Lipinski definition) is 3. The Balaban J connectivity index is 1.75. The second kappa shape index (κ2) is 6.36. The van der Waals surface area contributed by atoms with Gasteiger partial charge in [0.2, 0.25) is 5.91 Å². The summed E-state index contributed by atoms with van der Waals surface area (Å²) >= 11 is 0. The van der Waals surface area contributed by atoms with Crippen LogP contribution in [0.5, 0.6) is 0 Å². The van der Waals surface area contributed by atoms with Crippen molar-refractivity contribution in [3.05, 3.63) is 35.2 Å². The Bertz CT molecular complexity index is 571. The van der Waals surface area contributed by atoms with E-state index in [1.807, 2.05) is 25.6 Å². The van der Waals surface area contributed by atoms with Crippen LogP contribution in [-0.2, 0) is 24.7 Å². The van der Waals surface area contributed by atoms with Crippen LogP contribution in [0.25, 0.3) is 0 Å². The minimum atomic E-state index is 0.0687. The average Bonchev–Trinajstić information content (AvgIpc) is 2.98. The Labute approximate surface area is 118 Å². The number of rotatable bonds is 6. The van der Waals surface area contributed by atoms with E-state index in [-0.39, 0.29) is 5.91 Å². The lowest BCUT2D eigenvalue weighted by Crippen LogP contribution is -2.26. The second-order valence-corrected chi connectivity index (χ2v) is 4.91. The van der Waals surface area contributed by atoms with Crippen LogP contribution in [0.3, 0.4) is 0 Å². The molecule has 0 unspecified atom stereocenters. The Kier molecular flexibility index (Phi) is 4.55. The monoisotopic (exact) mass is 275 g/mol. The molecule has 0 aliphatic carbocycles. The van der Waals surface area contributed by atoms with E-state index >= 15 is 0 Å². The first-order chi connectivity index (χ1) is 9.58. The van der Waals surface area contributed by atoms with Gasteiger partial charge in [-0.3, -0.25) is 9.48 Å². The summed E-state index contributed by atoms with van der Waals surface area (Å²) in [6.07, 6.45) is 5.45. The highest BCUT2D eigenvalue weighted by molar-refractivity contribution is 5.76. The fourth-order valence-corrected chi connectivity index (χ4v) is 2.26. The summed E-state index contributed by atoms with van der Waals surface area (Å²) < 4.78 is 1.86. The molecule has 108 valence electrons. The lowest BCUT2D eigenvalue weighted by atomic mass is 10.1. The molecule has 2 aromatic rings. The number of H-pyrrole nitrogens is 1. The molecule has 1 amide bonds. The van der Waals surface area contributed by atoms with Crippen molar-refractivity contribution < 1.29 is 4.79 Å². The van der Waals surface area contributed by atoms with E-state index in [4.69, 9.17) is 0 Å². The quantitative estimate of drug-likeness (QED) is 0.827. The Hall–Kier alpha value is -2.11. The highest BCUT2D eigenvalue weighted by atomic mass is 16.1. The number of aryl methyl sites for hydroxylation is 2. The molecule has 0 aromatic carbocycles. The van der Waals surface area contributed by atoms with Crippen LogP contribution in [0.2, 0.25) is 0 Å². The van der Waals surface area contributed by atoms with Gasteiger partial charge in [0.05, 0.1) is 5.69 Å². The molecule has 0 aliphatic rings. The van der Waals surface area contributed by atoms with Gasteiger partial charge < -0.3 is 10.3 Å². The number of aromatic nitrogens is 4.